The molecule has 5 heteroatoms. The summed E-state index contributed by atoms with van der Waals surface area (Å²) in [5, 5.41) is 6.35. The van der Waals surface area contributed by atoms with Crippen molar-refractivity contribution in [1.29, 1.82) is 0 Å². The van der Waals surface area contributed by atoms with Crippen molar-refractivity contribution < 1.29 is 14.3 Å². The predicted molar refractivity (Wildman–Crippen MR) is 114 cm³/mol. The second-order valence-corrected chi connectivity index (χ2v) is 6.85. The summed E-state index contributed by atoms with van der Waals surface area (Å²) >= 11 is 0. The first-order valence-corrected chi connectivity index (χ1v) is 9.75. The van der Waals surface area contributed by atoms with Crippen molar-refractivity contribution >= 4 is 17.3 Å². The number of anilines is 2. The minimum atomic E-state index is -0.265. The minimum absolute atomic E-state index is 0.265. The zero-order valence-electron chi connectivity index (χ0n) is 16.6. The first-order valence-electron chi connectivity index (χ1n) is 9.75. The number of carbonyl (C=O) groups excluding carboxylic acids is 1. The van der Waals surface area contributed by atoms with Crippen LogP contribution in [0, 0.1) is 0 Å². The Balaban J connectivity index is 1.58. The molecule has 0 atom stereocenters. The van der Waals surface area contributed by atoms with E-state index in [1.165, 1.54) is 39.9 Å². The van der Waals surface area contributed by atoms with Crippen molar-refractivity contribution in [2.24, 2.45) is 0 Å². The van der Waals surface area contributed by atoms with Gasteiger partial charge in [0, 0.05) is 17.9 Å². The number of hydrogen-bond donors (Lipinski definition) is 2. The van der Waals surface area contributed by atoms with Gasteiger partial charge in [0.05, 0.1) is 14.2 Å². The molecule has 1 aliphatic rings. The van der Waals surface area contributed by atoms with E-state index < -0.39 is 0 Å². The molecule has 0 heterocycles. The number of hydrogen-bond acceptors (Lipinski definition) is 4. The molecule has 3 rings (SSSR count). The maximum absolute atomic E-state index is 12.7. The second kappa shape index (κ2) is 9.83. The van der Waals surface area contributed by atoms with Gasteiger partial charge >= 0.3 is 0 Å². The molecule has 0 spiro atoms. The van der Waals surface area contributed by atoms with E-state index in [9.17, 15) is 4.79 Å². The van der Waals surface area contributed by atoms with Gasteiger partial charge in [-0.2, -0.15) is 0 Å². The minimum Gasteiger partial charge on any atom is -0.496 e. The molecule has 0 radical (unpaired) electrons. The molecule has 0 saturated carbocycles. The van der Waals surface area contributed by atoms with Crippen molar-refractivity contribution in [1.82, 2.24) is 0 Å². The van der Waals surface area contributed by atoms with Crippen LogP contribution >= 0.6 is 0 Å². The van der Waals surface area contributed by atoms with Crippen LogP contribution in [-0.2, 0) is 0 Å². The van der Waals surface area contributed by atoms with Gasteiger partial charge in [-0.05, 0) is 68.5 Å². The second-order valence-electron chi connectivity index (χ2n) is 6.85. The number of ether oxygens (including phenoxy) is 2. The Kier molecular flexibility index (Phi) is 6.95. The molecule has 1 aliphatic carbocycles. The van der Waals surface area contributed by atoms with Crippen LogP contribution in [0.25, 0.3) is 0 Å². The molecule has 0 aliphatic heterocycles. The molecule has 2 aromatic carbocycles. The van der Waals surface area contributed by atoms with Crippen molar-refractivity contribution in [2.75, 3.05) is 31.4 Å². The highest BCUT2D eigenvalue weighted by Gasteiger charge is 2.18. The average molecular weight is 380 g/mol. The van der Waals surface area contributed by atoms with E-state index in [0.717, 1.165) is 24.3 Å². The van der Waals surface area contributed by atoms with Crippen LogP contribution in [0.3, 0.4) is 0 Å². The molecule has 1 amide bonds. The van der Waals surface area contributed by atoms with Gasteiger partial charge < -0.3 is 20.1 Å². The van der Waals surface area contributed by atoms with Crippen LogP contribution in [0.4, 0.5) is 11.4 Å². The zero-order chi connectivity index (χ0) is 19.8. The normalized spacial score (nSPS) is 13.4. The first kappa shape index (κ1) is 19.8. The lowest BCUT2D eigenvalue weighted by molar-refractivity contribution is 0.102. The van der Waals surface area contributed by atoms with Gasteiger partial charge in [0.15, 0.2) is 0 Å². The number of allylic oxidation sites excluding steroid dienone is 1. The standard InChI is InChI=1S/C23H28N2O3/c1-27-20-9-6-10-21(28-2)22(20)23(26)25-19-13-11-18(12-14-19)24-16-15-17-7-4-3-5-8-17/h6-7,9-14,24H,3-5,8,15-16H2,1-2H3,(H,25,26). The highest BCUT2D eigenvalue weighted by molar-refractivity contribution is 6.08. The summed E-state index contributed by atoms with van der Waals surface area (Å²) in [5.74, 6) is 0.693. The van der Waals surface area contributed by atoms with E-state index in [4.69, 9.17) is 9.47 Å². The number of rotatable bonds is 8. The van der Waals surface area contributed by atoms with E-state index in [1.54, 1.807) is 23.8 Å². The number of methoxy groups -OCH3 is 2. The first-order chi connectivity index (χ1) is 13.7. The van der Waals surface area contributed by atoms with Crippen LogP contribution in [0.15, 0.2) is 54.1 Å². The summed E-state index contributed by atoms with van der Waals surface area (Å²) in [6, 6.07) is 13.0. The molecule has 2 aromatic rings. The molecule has 0 fully saturated rings. The van der Waals surface area contributed by atoms with Gasteiger partial charge in [0.25, 0.3) is 5.91 Å². The Hall–Kier alpha value is -2.95. The lowest BCUT2D eigenvalue weighted by Crippen LogP contribution is -2.14. The summed E-state index contributed by atoms with van der Waals surface area (Å²) in [6.07, 6.45) is 8.57. The van der Waals surface area contributed by atoms with Crippen molar-refractivity contribution in [2.45, 2.75) is 32.1 Å². The molecular formula is C23H28N2O3. The monoisotopic (exact) mass is 380 g/mol. The zero-order valence-corrected chi connectivity index (χ0v) is 16.6. The third-order valence-corrected chi connectivity index (χ3v) is 4.96. The topological polar surface area (TPSA) is 59.6 Å². The van der Waals surface area contributed by atoms with E-state index in [0.29, 0.717) is 17.1 Å². The third kappa shape index (κ3) is 5.06. The highest BCUT2D eigenvalue weighted by atomic mass is 16.5. The Morgan fingerprint density at radius 1 is 0.964 bits per heavy atom. The molecule has 0 bridgehead atoms. The van der Waals surface area contributed by atoms with Crippen molar-refractivity contribution in [3.05, 3.63) is 59.7 Å². The lowest BCUT2D eigenvalue weighted by Gasteiger charge is -2.14. The van der Waals surface area contributed by atoms with Gasteiger partial charge in [-0.1, -0.05) is 17.7 Å². The summed E-state index contributed by atoms with van der Waals surface area (Å²) in [7, 11) is 3.07. The van der Waals surface area contributed by atoms with Crippen LogP contribution in [0.5, 0.6) is 11.5 Å². The summed E-state index contributed by atoms with van der Waals surface area (Å²) in [6.45, 7) is 0.927. The lowest BCUT2D eigenvalue weighted by atomic mass is 9.97. The van der Waals surface area contributed by atoms with E-state index in [-0.39, 0.29) is 5.91 Å². The molecular weight excluding hydrogens is 352 g/mol. The van der Waals surface area contributed by atoms with Gasteiger partial charge in [0.2, 0.25) is 0 Å². The van der Waals surface area contributed by atoms with Crippen molar-refractivity contribution in [3.63, 3.8) is 0 Å². The predicted octanol–water partition coefficient (Wildman–Crippen LogP) is 5.26. The highest BCUT2D eigenvalue weighted by Crippen LogP contribution is 2.29. The molecule has 0 saturated heterocycles. The smallest absolute Gasteiger partial charge is 0.263 e. The van der Waals surface area contributed by atoms with Gasteiger partial charge in [-0.15, -0.1) is 0 Å². The number of nitrogens with one attached hydrogen (secondary N) is 2. The largest absolute Gasteiger partial charge is 0.496 e. The van der Waals surface area contributed by atoms with E-state index in [2.05, 4.69) is 16.7 Å². The van der Waals surface area contributed by atoms with E-state index >= 15 is 0 Å². The Morgan fingerprint density at radius 3 is 2.25 bits per heavy atom. The molecule has 28 heavy (non-hydrogen) atoms. The number of carbonyl (C=O) groups is 1. The molecule has 148 valence electrons. The van der Waals surface area contributed by atoms with Crippen LogP contribution < -0.4 is 20.1 Å². The Morgan fingerprint density at radius 2 is 1.64 bits per heavy atom. The maximum Gasteiger partial charge on any atom is 0.263 e. The van der Waals surface area contributed by atoms with Gasteiger partial charge in [-0.25, -0.2) is 0 Å². The third-order valence-electron chi connectivity index (χ3n) is 4.96. The maximum atomic E-state index is 12.7. The Labute approximate surface area is 166 Å². The molecule has 0 aromatic heterocycles. The molecule has 5 nitrogen and oxygen atoms in total. The fourth-order valence-electron chi connectivity index (χ4n) is 3.44. The number of amides is 1. The number of benzene rings is 2. The quantitative estimate of drug-likeness (QED) is 0.614. The average Bonchev–Trinajstić information content (AvgIpc) is 2.75. The van der Waals surface area contributed by atoms with Gasteiger partial charge in [-0.3, -0.25) is 4.79 Å². The molecule has 0 unspecified atom stereocenters. The summed E-state index contributed by atoms with van der Waals surface area (Å²) in [4.78, 5) is 12.7. The fourth-order valence-corrected chi connectivity index (χ4v) is 3.44. The van der Waals surface area contributed by atoms with Crippen LogP contribution in [-0.4, -0.2) is 26.7 Å². The SMILES string of the molecule is COc1cccc(OC)c1C(=O)Nc1ccc(NCCC2=CCCCC2)cc1. The summed E-state index contributed by atoms with van der Waals surface area (Å²) < 4.78 is 10.6. The van der Waals surface area contributed by atoms with Crippen molar-refractivity contribution in [3.8, 4) is 11.5 Å². The van der Waals surface area contributed by atoms with Crippen LogP contribution in [0.2, 0.25) is 0 Å². The fraction of sp³-hybridized carbons (Fsp3) is 0.348. The van der Waals surface area contributed by atoms with E-state index in [1.807, 2.05) is 24.3 Å². The molecule has 2 N–H and O–H groups in total. The van der Waals surface area contributed by atoms with Gasteiger partial charge in [0.1, 0.15) is 17.1 Å². The Bertz CT molecular complexity index is 806. The van der Waals surface area contributed by atoms with Crippen LogP contribution in [0.1, 0.15) is 42.5 Å². The summed E-state index contributed by atoms with van der Waals surface area (Å²) in [5.41, 5.74) is 3.71.